The third kappa shape index (κ3) is 27.7. The number of carbonyl (C=O) groups is 15. The van der Waals surface area contributed by atoms with Crippen LogP contribution in [0.5, 0.6) is 11.5 Å². The molecule has 0 bridgehead atoms. The average molecular weight is 1910 g/mol. The summed E-state index contributed by atoms with van der Waals surface area (Å²) in [6.07, 6.45) is 1.64. The quantitative estimate of drug-likeness (QED) is 0.0442. The maximum Gasteiger partial charge on any atom is 0.246 e. The van der Waals surface area contributed by atoms with Crippen molar-refractivity contribution in [2.75, 3.05) is 72.0 Å². The molecule has 4 fully saturated rings. The molecule has 13 atom stereocenters. The highest BCUT2D eigenvalue weighted by molar-refractivity contribution is 8.00. The molecule has 0 unspecified atom stereocenters. The molecule has 38 heteroatoms. The number of hydrogen-bond acceptors (Lipinski definition) is 19. The van der Waals surface area contributed by atoms with Crippen molar-refractivity contribution in [1.82, 2.24) is 76.9 Å². The number of likely N-dealkylation sites (N-methyl/N-ethyl adjacent to an activating group) is 3. The number of phenols is 2. The van der Waals surface area contributed by atoms with Crippen LogP contribution in [0, 0.1) is 29.3 Å². The van der Waals surface area contributed by atoms with Crippen LogP contribution in [0.3, 0.4) is 0 Å². The first-order valence-electron chi connectivity index (χ1n) is 46.3. The van der Waals surface area contributed by atoms with Gasteiger partial charge in [0.1, 0.15) is 90.0 Å². The molecule has 34 nitrogen and oxygen atoms in total. The number of rotatable bonds is 21. The largest absolute Gasteiger partial charge is 0.508 e. The van der Waals surface area contributed by atoms with Gasteiger partial charge in [-0.2, -0.15) is 0 Å². The van der Waals surface area contributed by atoms with Crippen molar-refractivity contribution in [2.24, 2.45) is 17.6 Å². The molecule has 6 aromatic carbocycles. The zero-order chi connectivity index (χ0) is 99.0. The number of halogens is 3. The predicted molar refractivity (Wildman–Crippen MR) is 503 cm³/mol. The number of thioether (sulfide) groups is 1. The molecule has 4 aliphatic heterocycles. The second-order valence-electron chi connectivity index (χ2n) is 36.1. The molecule has 11 rings (SSSR count). The molecule has 1 aromatic heterocycles. The van der Waals surface area contributed by atoms with Crippen molar-refractivity contribution in [3.63, 3.8) is 0 Å². The second kappa shape index (κ2) is 48.9. The Labute approximate surface area is 797 Å². The number of phenolic OH excluding ortho intramolecular Hbond substituents is 2. The highest BCUT2D eigenvalue weighted by Gasteiger charge is 2.48. The van der Waals surface area contributed by atoms with Crippen LogP contribution in [-0.2, 0) is 115 Å². The lowest BCUT2D eigenvalue weighted by Gasteiger charge is -2.40. The van der Waals surface area contributed by atoms with Gasteiger partial charge in [0, 0.05) is 102 Å². The number of aromatic hydroxyl groups is 2. The number of nitrogens with one attached hydrogen (secondary N) is 9. The zero-order valence-corrected chi connectivity index (χ0v) is 78.9. The minimum Gasteiger partial charge on any atom is -0.508 e. The van der Waals surface area contributed by atoms with E-state index in [2.05, 4.69) is 47.5 Å². The van der Waals surface area contributed by atoms with Crippen LogP contribution in [0.15, 0.2) is 152 Å². The number of nitrogens with zero attached hydrogens (tertiary/aromatic N) is 6. The summed E-state index contributed by atoms with van der Waals surface area (Å²) in [5.74, 6) is -20.8. The number of fused-ring (bicyclic) bond motifs is 4. The van der Waals surface area contributed by atoms with Crippen LogP contribution in [-0.4, -0.2) is 284 Å². The van der Waals surface area contributed by atoms with Crippen molar-refractivity contribution < 1.29 is 100 Å². The van der Waals surface area contributed by atoms with Crippen molar-refractivity contribution in [1.29, 1.82) is 0 Å². The van der Waals surface area contributed by atoms with Gasteiger partial charge in [0.2, 0.25) is 88.6 Å². The highest BCUT2D eigenvalue weighted by atomic mass is 32.2. The summed E-state index contributed by atoms with van der Waals surface area (Å²) in [5.41, 5.74) is 8.22. The number of aromatic amines is 1. The summed E-state index contributed by atoms with van der Waals surface area (Å²) in [5, 5.41) is 43.5. The maximum absolute atomic E-state index is 16.0. The number of amides is 15. The standard InChI is InChI=1S/C99H123F3N16O18S/c1-9-10-28-78-97(133)117-40-21-30-79(117)98(134)118-41-42-136-54-82(118)93(129)112-86(58(4)5)99(135)114(7)80(49-59-22-13-11-14-23-59)92(128)110-75(47-62-33-37-66(120)38-34-62)95(131)116-39-20-19-29-77(116)91(127)109-73(51-64-52-104-70-27-18-17-26-67(64)70)90(126)108-72(46-61-31-35-65(119)36-32-61)89(125)107-71(43-57(2)3)88(124)111-76(87(123)105-53-83(103)121)55-137-56-84(122)106-74(48-63-44-68(100)85(102)69(101)45-63)94(130)115(8)81(96(132)113(78)6)50-60-24-15-12-16-25-60/h11-18,22-27,31-38,44-45,52,57-58,71-82,86,104,119-120H,9-10,19-21,28-30,39-43,46-51,53-56H2,1-8H3,(H2,103,121)(H,105,123)(H,106,122)(H,107,125)(H,108,126)(H,109,127)(H,110,128)(H,111,124)(H,112,129)/t71-,72-,73-,74-,75-,76+,77+,78-,79+,80-,81+,82-,86-/m0/s1. The van der Waals surface area contributed by atoms with E-state index in [4.69, 9.17) is 10.5 Å². The van der Waals surface area contributed by atoms with Gasteiger partial charge in [-0.05, 0) is 133 Å². The molecule has 0 spiro atoms. The van der Waals surface area contributed by atoms with E-state index < -0.39 is 221 Å². The number of morpholine rings is 1. The van der Waals surface area contributed by atoms with E-state index in [1.807, 2.05) is 6.92 Å². The summed E-state index contributed by atoms with van der Waals surface area (Å²) < 4.78 is 51.1. The number of nitrogens with two attached hydrogens (primary N) is 1. The monoisotopic (exact) mass is 1910 g/mol. The Hall–Kier alpha value is -13.4. The molecular weight excluding hydrogens is 1790 g/mol. The first-order chi connectivity index (χ1) is 65.5. The molecule has 13 N–H and O–H groups in total. The average Bonchev–Trinajstić information content (AvgIpc) is 0.831. The van der Waals surface area contributed by atoms with Gasteiger partial charge in [0.25, 0.3) is 0 Å². The molecule has 15 amide bonds. The van der Waals surface area contributed by atoms with Crippen LogP contribution < -0.4 is 48.3 Å². The van der Waals surface area contributed by atoms with Gasteiger partial charge in [-0.1, -0.05) is 151 Å². The fraction of sp³-hybridized carbons (Fsp3) is 0.465. The van der Waals surface area contributed by atoms with E-state index in [9.17, 15) is 29.0 Å². The van der Waals surface area contributed by atoms with Gasteiger partial charge in [-0.15, -0.1) is 11.8 Å². The Morgan fingerprint density at radius 2 is 1.01 bits per heavy atom. The third-order valence-corrected chi connectivity index (χ3v) is 26.4. The summed E-state index contributed by atoms with van der Waals surface area (Å²) in [6, 6.07) is 17.5. The minimum atomic E-state index is -1.84. The number of H-pyrrole nitrogens is 1. The number of carbonyl (C=O) groups excluding carboxylic acids is 15. The van der Waals surface area contributed by atoms with Crippen molar-refractivity contribution in [3.8, 4) is 11.5 Å². The molecule has 4 saturated heterocycles. The number of benzene rings is 6. The lowest BCUT2D eigenvalue weighted by molar-refractivity contribution is -0.158. The molecule has 4 aliphatic rings. The number of ether oxygens (including phenoxy) is 1. The Balaban J connectivity index is 0.991. The van der Waals surface area contributed by atoms with Gasteiger partial charge in [0.15, 0.2) is 17.5 Å². The molecule has 0 saturated carbocycles. The highest BCUT2D eigenvalue weighted by Crippen LogP contribution is 2.30. The molecular formula is C99H123F3N16O18S. The van der Waals surface area contributed by atoms with Crippen LogP contribution in [0.2, 0.25) is 0 Å². The van der Waals surface area contributed by atoms with E-state index >= 15 is 66.3 Å². The fourth-order valence-electron chi connectivity index (χ4n) is 17.8. The van der Waals surface area contributed by atoms with Crippen LogP contribution in [0.1, 0.15) is 126 Å². The topological polar surface area (TPSA) is 463 Å². The van der Waals surface area contributed by atoms with Gasteiger partial charge < -0.3 is 97.6 Å². The first-order valence-corrected chi connectivity index (χ1v) is 47.5. The van der Waals surface area contributed by atoms with Gasteiger partial charge in [-0.25, -0.2) is 13.2 Å². The van der Waals surface area contributed by atoms with E-state index in [0.29, 0.717) is 94.7 Å². The van der Waals surface area contributed by atoms with E-state index in [-0.39, 0.29) is 108 Å². The van der Waals surface area contributed by atoms with E-state index in [0.717, 1.165) is 9.80 Å². The number of unbranched alkanes of at least 4 members (excludes halogenated alkanes) is 1. The summed E-state index contributed by atoms with van der Waals surface area (Å²) >= 11 is 0.701. The summed E-state index contributed by atoms with van der Waals surface area (Å²) in [7, 11) is 3.98. The number of primary amides is 1. The Bertz CT molecular complexity index is 5450. The molecule has 734 valence electrons. The molecule has 0 aliphatic carbocycles. The van der Waals surface area contributed by atoms with Crippen LogP contribution >= 0.6 is 11.8 Å². The van der Waals surface area contributed by atoms with E-state index in [1.165, 1.54) is 77.1 Å². The number of hydrogen-bond donors (Lipinski definition) is 12. The van der Waals surface area contributed by atoms with Crippen molar-refractivity contribution >= 4 is 111 Å². The minimum absolute atomic E-state index is 0.0171. The second-order valence-corrected chi connectivity index (χ2v) is 37.2. The van der Waals surface area contributed by atoms with Crippen molar-refractivity contribution in [3.05, 3.63) is 203 Å². The lowest BCUT2D eigenvalue weighted by Crippen LogP contribution is -2.64. The number of para-hydroxylation sites is 1. The number of aromatic nitrogens is 1. The van der Waals surface area contributed by atoms with E-state index in [1.54, 1.807) is 131 Å². The van der Waals surface area contributed by atoms with Gasteiger partial charge in [-0.3, -0.25) is 71.9 Å². The lowest BCUT2D eigenvalue weighted by atomic mass is 9.96. The summed E-state index contributed by atoms with van der Waals surface area (Å²) in [6.45, 7) is 7.29. The van der Waals surface area contributed by atoms with Gasteiger partial charge >= 0.3 is 0 Å². The SMILES string of the molecule is CCCC[C@H]1C(=O)N2CCC[C@@H]2C(=O)N2CCOC[C@H]2C(=O)N[C@@H](C(C)C)C(=O)N(C)[C@@H](Cc2ccccc2)C(=O)N[C@@H](Cc2ccc(O)cc2)C(=O)N2CCCC[C@@H]2C(=O)N[C@@H](Cc2c[nH]c3ccccc23)C(=O)N[C@@H](Cc2ccc(O)cc2)C(=O)N[C@@H](CC(C)C)C(=O)N[C@@H](C(=O)NCC(N)=O)CSCC(=O)N[C@@H](Cc2cc(F)c(F)c(F)c2)C(=O)N(C)[C@H](Cc2ccccc2)C(=O)N1C. The Morgan fingerprint density at radius 1 is 0.496 bits per heavy atom. The Morgan fingerprint density at radius 3 is 1.63 bits per heavy atom. The number of piperidine rings is 1. The maximum atomic E-state index is 16.0. The molecule has 5 heterocycles. The van der Waals surface area contributed by atoms with Gasteiger partial charge in [0.05, 0.1) is 25.5 Å². The van der Waals surface area contributed by atoms with Crippen LogP contribution in [0.25, 0.3) is 10.9 Å². The molecule has 137 heavy (non-hydrogen) atoms. The zero-order valence-electron chi connectivity index (χ0n) is 78.1. The first kappa shape index (κ1) is 104. The summed E-state index contributed by atoms with van der Waals surface area (Å²) in [4.78, 5) is 239. The fourth-order valence-corrected chi connectivity index (χ4v) is 18.6. The predicted octanol–water partition coefficient (Wildman–Crippen LogP) is 4.47. The normalized spacial score (nSPS) is 23.9. The smallest absolute Gasteiger partial charge is 0.246 e. The molecule has 7 aromatic rings. The molecule has 0 radical (unpaired) electrons. The van der Waals surface area contributed by atoms with Crippen LogP contribution in [0.4, 0.5) is 13.2 Å². The van der Waals surface area contributed by atoms with Crippen molar-refractivity contribution in [2.45, 2.75) is 209 Å². The Kier molecular flexibility index (Phi) is 37.1. The third-order valence-electron chi connectivity index (χ3n) is 25.3.